The van der Waals surface area contributed by atoms with Crippen molar-refractivity contribution in [2.45, 2.75) is 95.6 Å². The van der Waals surface area contributed by atoms with Crippen LogP contribution >= 0.6 is 0 Å². The molecule has 4 fully saturated rings. The zero-order valence-corrected chi connectivity index (χ0v) is 19.0. The van der Waals surface area contributed by atoms with E-state index in [9.17, 15) is 20.4 Å². The fraction of sp³-hybridized carbons (Fsp3) is 0.840. The van der Waals surface area contributed by atoms with Gasteiger partial charge in [-0.2, -0.15) is 0 Å². The molecule has 0 aromatic heterocycles. The molecule has 172 valence electrons. The average Bonchev–Trinajstić information content (AvgIpc) is 3.20. The van der Waals surface area contributed by atoms with Crippen molar-refractivity contribution in [1.82, 2.24) is 0 Å². The van der Waals surface area contributed by atoms with E-state index >= 15 is 0 Å². The van der Waals surface area contributed by atoms with Gasteiger partial charge >= 0.3 is 0 Å². The van der Waals surface area contributed by atoms with Crippen LogP contribution in [0.15, 0.2) is 22.8 Å². The topological polar surface area (TPSA) is 99.4 Å². The SMILES string of the molecule is CC(C)C1=C2C3CC=C4C(O)C5(O)COC6OC(C4C6(O)C5O)C3(C)CCC2(C)CC1. The van der Waals surface area contributed by atoms with Crippen molar-refractivity contribution in [2.75, 3.05) is 6.61 Å². The Bertz CT molecular complexity index is 894. The standard InChI is InChI=1S/C25H36O6/c1-12(2)13-7-8-22(3)9-10-23(4)15(16(13)22)6-5-14-17-19(23)31-21-25(17,29)20(27)24(28,11-30-21)18(14)26/h5,12,15,17-21,26-29H,6-11H2,1-4H3. The summed E-state index contributed by atoms with van der Waals surface area (Å²) in [6.07, 6.45) is 2.97. The predicted octanol–water partition coefficient (Wildman–Crippen LogP) is 2.05. The summed E-state index contributed by atoms with van der Waals surface area (Å²) in [5.74, 6) is 0.146. The molecule has 4 aliphatic carbocycles. The number of rotatable bonds is 1. The molecule has 10 unspecified atom stereocenters. The van der Waals surface area contributed by atoms with Gasteiger partial charge in [0.2, 0.25) is 0 Å². The molecule has 2 aliphatic heterocycles. The van der Waals surface area contributed by atoms with Crippen molar-refractivity contribution < 1.29 is 29.9 Å². The molecule has 6 nitrogen and oxygen atoms in total. The van der Waals surface area contributed by atoms with Crippen LogP contribution in [0.5, 0.6) is 0 Å². The number of allylic oxidation sites excluding steroid dienone is 3. The number of hydrogen-bond donors (Lipinski definition) is 4. The van der Waals surface area contributed by atoms with Crippen LogP contribution in [0.1, 0.15) is 59.8 Å². The van der Waals surface area contributed by atoms with Crippen LogP contribution in [-0.4, -0.2) is 62.8 Å². The molecule has 2 saturated carbocycles. The second kappa shape index (κ2) is 6.02. The minimum atomic E-state index is -1.92. The monoisotopic (exact) mass is 432 g/mol. The molecule has 2 heterocycles. The van der Waals surface area contributed by atoms with E-state index in [-0.39, 0.29) is 29.5 Å². The van der Waals surface area contributed by atoms with Crippen molar-refractivity contribution in [3.63, 3.8) is 0 Å². The van der Waals surface area contributed by atoms with Crippen LogP contribution < -0.4 is 0 Å². The normalized spacial score (nSPS) is 57.5. The summed E-state index contributed by atoms with van der Waals surface area (Å²) in [4.78, 5) is 0. The maximum Gasteiger partial charge on any atom is 0.190 e. The Morgan fingerprint density at radius 2 is 1.84 bits per heavy atom. The minimum absolute atomic E-state index is 0.193. The van der Waals surface area contributed by atoms with Gasteiger partial charge in [0, 0.05) is 11.3 Å². The highest BCUT2D eigenvalue weighted by Gasteiger charge is 2.77. The lowest BCUT2D eigenvalue weighted by Crippen LogP contribution is -2.77. The van der Waals surface area contributed by atoms with Crippen LogP contribution in [0.4, 0.5) is 0 Å². The van der Waals surface area contributed by atoms with E-state index in [4.69, 9.17) is 9.47 Å². The molecule has 0 amide bonds. The molecule has 2 bridgehead atoms. The van der Waals surface area contributed by atoms with Crippen LogP contribution in [-0.2, 0) is 9.47 Å². The fourth-order valence-corrected chi connectivity index (χ4v) is 8.38. The highest BCUT2D eigenvalue weighted by atomic mass is 16.7. The summed E-state index contributed by atoms with van der Waals surface area (Å²) < 4.78 is 12.2. The molecule has 2 saturated heterocycles. The molecule has 4 N–H and O–H groups in total. The van der Waals surface area contributed by atoms with Gasteiger partial charge in [-0.3, -0.25) is 0 Å². The summed E-state index contributed by atoms with van der Waals surface area (Å²) in [5.41, 5.74) is -0.00377. The number of ether oxygens (including phenoxy) is 2. The molecule has 0 radical (unpaired) electrons. The van der Waals surface area contributed by atoms with Gasteiger partial charge in [0.05, 0.1) is 12.7 Å². The molecule has 0 spiro atoms. The maximum atomic E-state index is 11.7. The third-order valence-corrected chi connectivity index (χ3v) is 10.2. The number of aliphatic hydroxyl groups excluding tert-OH is 2. The summed E-state index contributed by atoms with van der Waals surface area (Å²) in [6.45, 7) is 8.97. The smallest absolute Gasteiger partial charge is 0.190 e. The molecule has 6 rings (SSSR count). The number of hydrogen-bond acceptors (Lipinski definition) is 6. The lowest BCUT2D eigenvalue weighted by molar-refractivity contribution is -0.341. The van der Waals surface area contributed by atoms with Crippen molar-refractivity contribution >= 4 is 0 Å². The van der Waals surface area contributed by atoms with E-state index in [0.717, 1.165) is 25.7 Å². The van der Waals surface area contributed by atoms with Crippen LogP contribution in [0, 0.1) is 28.6 Å². The highest BCUT2D eigenvalue weighted by molar-refractivity contribution is 5.42. The molecular weight excluding hydrogens is 396 g/mol. The Hall–Kier alpha value is -0.760. The first-order valence-electron chi connectivity index (χ1n) is 12.0. The molecule has 0 aromatic carbocycles. The van der Waals surface area contributed by atoms with Gasteiger partial charge < -0.3 is 29.9 Å². The Morgan fingerprint density at radius 3 is 2.55 bits per heavy atom. The van der Waals surface area contributed by atoms with Gasteiger partial charge in [0.1, 0.15) is 17.8 Å². The lowest BCUT2D eigenvalue weighted by Gasteiger charge is -2.56. The van der Waals surface area contributed by atoms with Crippen molar-refractivity contribution in [3.8, 4) is 0 Å². The van der Waals surface area contributed by atoms with Crippen LogP contribution in [0.2, 0.25) is 0 Å². The zero-order chi connectivity index (χ0) is 22.1. The van der Waals surface area contributed by atoms with E-state index in [2.05, 4.69) is 27.7 Å². The van der Waals surface area contributed by atoms with Crippen molar-refractivity contribution in [1.29, 1.82) is 0 Å². The minimum Gasteiger partial charge on any atom is -0.387 e. The maximum absolute atomic E-state index is 11.7. The van der Waals surface area contributed by atoms with Gasteiger partial charge in [-0.25, -0.2) is 0 Å². The Morgan fingerprint density at radius 1 is 1.10 bits per heavy atom. The number of fused-ring (bicyclic) bond motifs is 5. The third kappa shape index (κ3) is 2.20. The van der Waals surface area contributed by atoms with Crippen molar-refractivity contribution in [3.05, 3.63) is 22.8 Å². The van der Waals surface area contributed by atoms with Gasteiger partial charge in [0.25, 0.3) is 0 Å². The average molecular weight is 433 g/mol. The molecule has 31 heavy (non-hydrogen) atoms. The first-order chi connectivity index (χ1) is 14.5. The second-order valence-corrected chi connectivity index (χ2v) is 12.0. The second-order valence-electron chi connectivity index (χ2n) is 12.0. The molecular formula is C25H36O6. The first-order valence-corrected chi connectivity index (χ1v) is 12.0. The lowest BCUT2D eigenvalue weighted by atomic mass is 9.51. The molecule has 6 aliphatic rings. The van der Waals surface area contributed by atoms with E-state index in [1.165, 1.54) is 6.42 Å². The summed E-state index contributed by atoms with van der Waals surface area (Å²) in [6, 6.07) is 0. The van der Waals surface area contributed by atoms with E-state index in [1.54, 1.807) is 11.1 Å². The summed E-state index contributed by atoms with van der Waals surface area (Å²) >= 11 is 0. The fourth-order valence-electron chi connectivity index (χ4n) is 8.38. The van der Waals surface area contributed by atoms with Gasteiger partial charge in [-0.05, 0) is 54.9 Å². The molecule has 0 aromatic rings. The zero-order valence-electron chi connectivity index (χ0n) is 19.0. The first kappa shape index (κ1) is 20.8. The summed E-state index contributed by atoms with van der Waals surface area (Å²) in [5, 5.41) is 45.1. The Labute approximate surface area is 183 Å². The predicted molar refractivity (Wildman–Crippen MR) is 113 cm³/mol. The Kier molecular flexibility index (Phi) is 4.04. The quantitative estimate of drug-likeness (QED) is 0.474. The van der Waals surface area contributed by atoms with E-state index < -0.39 is 35.6 Å². The number of aliphatic hydroxyl groups is 4. The highest BCUT2D eigenvalue weighted by Crippen LogP contribution is 2.68. The van der Waals surface area contributed by atoms with Crippen molar-refractivity contribution in [2.24, 2.45) is 28.6 Å². The Balaban J connectivity index is 1.55. The molecule has 10 atom stereocenters. The van der Waals surface area contributed by atoms with E-state index in [0.29, 0.717) is 11.5 Å². The van der Waals surface area contributed by atoms with Crippen LogP contribution in [0.3, 0.4) is 0 Å². The van der Waals surface area contributed by atoms with Gasteiger partial charge in [0.15, 0.2) is 11.9 Å². The van der Waals surface area contributed by atoms with Gasteiger partial charge in [-0.15, -0.1) is 0 Å². The largest absolute Gasteiger partial charge is 0.387 e. The van der Waals surface area contributed by atoms with Crippen LogP contribution in [0.25, 0.3) is 0 Å². The van der Waals surface area contributed by atoms with Gasteiger partial charge in [-0.1, -0.05) is 44.9 Å². The van der Waals surface area contributed by atoms with E-state index in [1.807, 2.05) is 6.08 Å². The summed E-state index contributed by atoms with van der Waals surface area (Å²) in [7, 11) is 0. The third-order valence-electron chi connectivity index (χ3n) is 10.2. The molecule has 6 heteroatoms.